The molecule has 2 radical (unpaired) electrons. The maximum Gasteiger partial charge on any atom is 0.289 e. The summed E-state index contributed by atoms with van der Waals surface area (Å²) in [5, 5.41) is 7.76. The molecule has 6 heavy (non-hydrogen) atoms. The summed E-state index contributed by atoms with van der Waals surface area (Å²) in [5.41, 5.74) is 0. The minimum atomic E-state index is 0.0370. The van der Waals surface area contributed by atoms with Crippen LogP contribution in [0.1, 0.15) is 13.8 Å². The van der Waals surface area contributed by atoms with Crippen LogP contribution < -0.4 is 0 Å². The van der Waals surface area contributed by atoms with Gasteiger partial charge in [-0.15, -0.1) is 0 Å². The highest BCUT2D eigenvalue weighted by Crippen LogP contribution is 1.85. The van der Waals surface area contributed by atoms with Gasteiger partial charge in [-0.25, -0.2) is 0 Å². The minimum Gasteiger partial charge on any atom is -0.357 e. The highest BCUT2D eigenvalue weighted by atomic mass is 16.6. The van der Waals surface area contributed by atoms with Crippen LogP contribution in [0.4, 0.5) is 0 Å². The Morgan fingerprint density at radius 1 is 1.67 bits per heavy atom. The van der Waals surface area contributed by atoms with Crippen molar-refractivity contribution in [3.8, 4) is 0 Å². The van der Waals surface area contributed by atoms with Crippen molar-refractivity contribution >= 4 is 0 Å². The Labute approximate surface area is 37.7 Å². The molecule has 0 atom stereocenters. The number of aliphatic hydroxyl groups is 1. The number of rotatable bonds is 2. The molecule has 0 rings (SSSR count). The standard InChI is InChI=1S/C4H8O2/c1-4(2)6-3-5/h4-5H,1-2H3. The van der Waals surface area contributed by atoms with Crippen molar-refractivity contribution in [2.75, 3.05) is 0 Å². The van der Waals surface area contributed by atoms with E-state index in [0.717, 1.165) is 0 Å². The molecule has 0 amide bonds. The summed E-state index contributed by atoms with van der Waals surface area (Å²) in [6.07, 6.45) is 0.0370. The van der Waals surface area contributed by atoms with Gasteiger partial charge in [0.05, 0.1) is 6.10 Å². The number of aliphatic hydroxyl groups excluding tert-OH is 1. The fourth-order valence-electron chi connectivity index (χ4n) is 0.105. The fourth-order valence-corrected chi connectivity index (χ4v) is 0.105. The molecule has 0 aromatic rings. The van der Waals surface area contributed by atoms with Crippen LogP contribution in [0.2, 0.25) is 0 Å². The van der Waals surface area contributed by atoms with E-state index < -0.39 is 0 Å². The van der Waals surface area contributed by atoms with Gasteiger partial charge in [0.1, 0.15) is 0 Å². The first-order chi connectivity index (χ1) is 2.77. The Kier molecular flexibility index (Phi) is 3.08. The van der Waals surface area contributed by atoms with E-state index in [2.05, 4.69) is 4.74 Å². The Morgan fingerprint density at radius 3 is 2.17 bits per heavy atom. The van der Waals surface area contributed by atoms with Crippen molar-refractivity contribution in [2.45, 2.75) is 20.0 Å². The Bertz CT molecular complexity index is 26.7. The average Bonchev–Trinajstić information content (AvgIpc) is 1.35. The lowest BCUT2D eigenvalue weighted by molar-refractivity contribution is 0.0381. The van der Waals surface area contributed by atoms with Crippen LogP contribution in [0.3, 0.4) is 0 Å². The van der Waals surface area contributed by atoms with Gasteiger partial charge in [0, 0.05) is 0 Å². The second-order valence-corrected chi connectivity index (χ2v) is 1.26. The van der Waals surface area contributed by atoms with E-state index in [1.165, 1.54) is 0 Å². The molecule has 0 bridgehead atoms. The van der Waals surface area contributed by atoms with Gasteiger partial charge >= 0.3 is 0 Å². The zero-order valence-corrected chi connectivity index (χ0v) is 3.93. The topological polar surface area (TPSA) is 29.5 Å². The highest BCUT2D eigenvalue weighted by Gasteiger charge is 1.87. The van der Waals surface area contributed by atoms with E-state index in [1.54, 1.807) is 6.79 Å². The van der Waals surface area contributed by atoms with Crippen molar-refractivity contribution in [1.82, 2.24) is 0 Å². The number of ether oxygens (including phenoxy) is 1. The van der Waals surface area contributed by atoms with Gasteiger partial charge in [-0.1, -0.05) is 0 Å². The van der Waals surface area contributed by atoms with Crippen LogP contribution in [0.5, 0.6) is 0 Å². The lowest BCUT2D eigenvalue weighted by atomic mass is 10.5. The highest BCUT2D eigenvalue weighted by molar-refractivity contribution is 4.33. The molecule has 0 aliphatic heterocycles. The van der Waals surface area contributed by atoms with Gasteiger partial charge in [-0.3, -0.25) is 0 Å². The third kappa shape index (κ3) is 3.92. The molecular weight excluding hydrogens is 80.0 g/mol. The van der Waals surface area contributed by atoms with Crippen LogP contribution in [0.25, 0.3) is 0 Å². The first-order valence-electron chi connectivity index (χ1n) is 1.82. The monoisotopic (exact) mass is 88.1 g/mol. The molecule has 36 valence electrons. The predicted octanol–water partition coefficient (Wildman–Crippen LogP) is 0.780. The van der Waals surface area contributed by atoms with Crippen molar-refractivity contribution < 1.29 is 9.84 Å². The quantitative estimate of drug-likeness (QED) is 0.540. The molecule has 0 unspecified atom stereocenters. The van der Waals surface area contributed by atoms with Crippen LogP contribution in [-0.4, -0.2) is 11.2 Å². The van der Waals surface area contributed by atoms with Crippen LogP contribution in [0.15, 0.2) is 0 Å². The van der Waals surface area contributed by atoms with Crippen LogP contribution >= 0.6 is 0 Å². The normalized spacial score (nSPS) is 10.0. The molecule has 0 saturated carbocycles. The van der Waals surface area contributed by atoms with Gasteiger partial charge in [0.25, 0.3) is 6.79 Å². The lowest BCUT2D eigenvalue weighted by Gasteiger charge is -1.97. The average molecular weight is 88.1 g/mol. The molecule has 0 aromatic heterocycles. The van der Waals surface area contributed by atoms with E-state index in [-0.39, 0.29) is 6.10 Å². The maximum absolute atomic E-state index is 7.76. The fraction of sp³-hybridized carbons (Fsp3) is 0.750. The number of hydrogen-bond acceptors (Lipinski definition) is 2. The second-order valence-electron chi connectivity index (χ2n) is 1.26. The van der Waals surface area contributed by atoms with E-state index in [4.69, 9.17) is 5.11 Å². The van der Waals surface area contributed by atoms with E-state index in [0.29, 0.717) is 0 Å². The lowest BCUT2D eigenvalue weighted by Crippen LogP contribution is -1.97. The van der Waals surface area contributed by atoms with E-state index in [9.17, 15) is 0 Å². The van der Waals surface area contributed by atoms with E-state index >= 15 is 0 Å². The molecule has 0 aliphatic carbocycles. The van der Waals surface area contributed by atoms with Gasteiger partial charge in [-0.2, -0.15) is 0 Å². The minimum absolute atomic E-state index is 0.0370. The van der Waals surface area contributed by atoms with Crippen molar-refractivity contribution in [3.63, 3.8) is 0 Å². The third-order valence-corrected chi connectivity index (χ3v) is 0.288. The zero-order valence-electron chi connectivity index (χ0n) is 3.93. The summed E-state index contributed by atoms with van der Waals surface area (Å²) in [6, 6.07) is 0. The first-order valence-corrected chi connectivity index (χ1v) is 1.82. The van der Waals surface area contributed by atoms with Crippen molar-refractivity contribution in [1.29, 1.82) is 0 Å². The molecule has 0 fully saturated rings. The molecule has 1 N–H and O–H groups in total. The second kappa shape index (κ2) is 3.12. The van der Waals surface area contributed by atoms with Gasteiger partial charge < -0.3 is 9.84 Å². The number of hydrogen-bond donors (Lipinski definition) is 1. The molecule has 0 heterocycles. The molecule has 0 aromatic carbocycles. The predicted molar refractivity (Wildman–Crippen MR) is 21.4 cm³/mol. The maximum atomic E-state index is 7.76. The summed E-state index contributed by atoms with van der Waals surface area (Å²) >= 11 is 0. The molecule has 0 spiro atoms. The third-order valence-electron chi connectivity index (χ3n) is 0.288. The largest absolute Gasteiger partial charge is 0.357 e. The molecule has 2 nitrogen and oxygen atoms in total. The molecule has 0 saturated heterocycles. The zero-order chi connectivity index (χ0) is 4.99. The van der Waals surface area contributed by atoms with Gasteiger partial charge in [0.15, 0.2) is 0 Å². The van der Waals surface area contributed by atoms with Gasteiger partial charge in [-0.05, 0) is 13.8 Å². The van der Waals surface area contributed by atoms with Crippen LogP contribution in [0, 0.1) is 6.79 Å². The SMILES string of the molecule is CC(C)O[C]O. The summed E-state index contributed by atoms with van der Waals surface area (Å²) in [5.74, 6) is 0. The smallest absolute Gasteiger partial charge is 0.289 e. The van der Waals surface area contributed by atoms with Crippen LogP contribution in [-0.2, 0) is 4.74 Å². The van der Waals surface area contributed by atoms with Crippen molar-refractivity contribution in [3.05, 3.63) is 6.79 Å². The molecule has 0 aliphatic rings. The summed E-state index contributed by atoms with van der Waals surface area (Å²) in [4.78, 5) is 0. The Balaban J connectivity index is 2.63. The first kappa shape index (κ1) is 5.92. The summed E-state index contributed by atoms with van der Waals surface area (Å²) in [7, 11) is 0. The Morgan fingerprint density at radius 2 is 2.17 bits per heavy atom. The molecular formula is C4H8O2. The molecule has 2 heteroatoms. The van der Waals surface area contributed by atoms with Crippen molar-refractivity contribution in [2.24, 2.45) is 0 Å². The van der Waals surface area contributed by atoms with Gasteiger partial charge in [0.2, 0.25) is 0 Å². The Hall–Kier alpha value is -0.0800. The summed E-state index contributed by atoms with van der Waals surface area (Å²) in [6.45, 7) is 5.18. The summed E-state index contributed by atoms with van der Waals surface area (Å²) < 4.78 is 4.35. The van der Waals surface area contributed by atoms with E-state index in [1.807, 2.05) is 13.8 Å².